The van der Waals surface area contributed by atoms with Crippen LogP contribution >= 0.6 is 0 Å². The Balaban J connectivity index is 1.22. The van der Waals surface area contributed by atoms with Crippen molar-refractivity contribution in [3.05, 3.63) is 35.9 Å². The second-order valence-electron chi connectivity index (χ2n) is 8.92. The molecule has 1 atom stereocenters. The Labute approximate surface area is 170 Å². The molecular weight excluding hydrogens is 348 g/mol. The second kappa shape index (κ2) is 8.93. The van der Waals surface area contributed by atoms with Crippen LogP contribution in [0.15, 0.2) is 30.3 Å². The molecule has 4 rings (SSSR count). The number of carbonyl (C=O) groups excluding carboxylic acids is 1. The molecular formula is C23H36N4O. The first kappa shape index (κ1) is 19.9. The highest BCUT2D eigenvalue weighted by molar-refractivity contribution is 5.78. The Morgan fingerprint density at radius 3 is 2.46 bits per heavy atom. The fourth-order valence-corrected chi connectivity index (χ4v) is 5.19. The lowest BCUT2D eigenvalue weighted by Crippen LogP contribution is -2.51. The van der Waals surface area contributed by atoms with Crippen LogP contribution in [-0.2, 0) is 10.2 Å². The van der Waals surface area contributed by atoms with Gasteiger partial charge in [0, 0.05) is 57.3 Å². The van der Waals surface area contributed by atoms with Crippen LogP contribution < -0.4 is 5.32 Å². The Kier molecular flexibility index (Phi) is 6.34. The Hall–Kier alpha value is -1.43. The largest absolute Gasteiger partial charge is 0.354 e. The number of benzene rings is 1. The van der Waals surface area contributed by atoms with E-state index in [0.29, 0.717) is 12.6 Å². The zero-order valence-corrected chi connectivity index (χ0v) is 17.4. The average molecular weight is 385 g/mol. The van der Waals surface area contributed by atoms with E-state index in [9.17, 15) is 4.79 Å². The summed E-state index contributed by atoms with van der Waals surface area (Å²) in [6.45, 7) is 11.6. The molecule has 5 heteroatoms. The van der Waals surface area contributed by atoms with E-state index >= 15 is 0 Å². The monoisotopic (exact) mass is 384 g/mol. The molecule has 0 spiro atoms. The zero-order valence-electron chi connectivity index (χ0n) is 17.4. The molecule has 3 fully saturated rings. The molecule has 0 radical (unpaired) electrons. The number of nitrogens with zero attached hydrogens (tertiary/aromatic N) is 3. The maximum Gasteiger partial charge on any atom is 0.234 e. The van der Waals surface area contributed by atoms with Crippen molar-refractivity contribution in [2.45, 2.75) is 44.1 Å². The van der Waals surface area contributed by atoms with Crippen LogP contribution in [0.1, 0.15) is 38.2 Å². The van der Waals surface area contributed by atoms with Gasteiger partial charge in [0.2, 0.25) is 5.91 Å². The third-order valence-electron chi connectivity index (χ3n) is 7.31. The number of carbonyl (C=O) groups is 1. The van der Waals surface area contributed by atoms with Gasteiger partial charge in [-0.1, -0.05) is 43.7 Å². The standard InChI is InChI=1S/C23H36N4O/c1-2-25-13-15-27(16-14-25)21-9-12-26(17-21)18-22(28)24-19-23(10-6-11-23)20-7-4-3-5-8-20/h3-5,7-8,21H,2,6,9-19H2,1H3,(H,24,28)/t21-/m0/s1. The fourth-order valence-electron chi connectivity index (χ4n) is 5.19. The van der Waals surface area contributed by atoms with Gasteiger partial charge >= 0.3 is 0 Å². The van der Waals surface area contributed by atoms with Gasteiger partial charge in [0.25, 0.3) is 0 Å². The van der Waals surface area contributed by atoms with Gasteiger partial charge in [0.15, 0.2) is 0 Å². The van der Waals surface area contributed by atoms with Crippen LogP contribution in [0.4, 0.5) is 0 Å². The lowest BCUT2D eigenvalue weighted by molar-refractivity contribution is -0.122. The van der Waals surface area contributed by atoms with Crippen molar-refractivity contribution in [1.29, 1.82) is 0 Å². The van der Waals surface area contributed by atoms with Gasteiger partial charge in [0.05, 0.1) is 6.54 Å². The van der Waals surface area contributed by atoms with E-state index in [-0.39, 0.29) is 11.3 Å². The Morgan fingerprint density at radius 1 is 1.07 bits per heavy atom. The van der Waals surface area contributed by atoms with Crippen LogP contribution in [-0.4, -0.2) is 85.6 Å². The molecule has 154 valence electrons. The smallest absolute Gasteiger partial charge is 0.234 e. The third kappa shape index (κ3) is 4.42. The molecule has 1 aliphatic carbocycles. The Morgan fingerprint density at radius 2 is 1.82 bits per heavy atom. The molecule has 2 heterocycles. The fraction of sp³-hybridized carbons (Fsp3) is 0.696. The van der Waals surface area contributed by atoms with Gasteiger partial charge < -0.3 is 10.2 Å². The predicted molar refractivity (Wildman–Crippen MR) is 114 cm³/mol. The highest BCUT2D eigenvalue weighted by Gasteiger charge is 2.39. The van der Waals surface area contributed by atoms with Gasteiger partial charge in [-0.15, -0.1) is 0 Å². The highest BCUT2D eigenvalue weighted by atomic mass is 16.2. The zero-order chi connectivity index (χ0) is 19.4. The molecule has 0 unspecified atom stereocenters. The summed E-state index contributed by atoms with van der Waals surface area (Å²) >= 11 is 0. The molecule has 0 aromatic heterocycles. The van der Waals surface area contributed by atoms with Gasteiger partial charge in [-0.05, 0) is 31.4 Å². The minimum absolute atomic E-state index is 0.170. The van der Waals surface area contributed by atoms with E-state index in [2.05, 4.69) is 57.3 Å². The number of likely N-dealkylation sites (tertiary alicyclic amines) is 1. The first-order valence-corrected chi connectivity index (χ1v) is 11.2. The van der Waals surface area contributed by atoms with Gasteiger partial charge in [-0.2, -0.15) is 0 Å². The van der Waals surface area contributed by atoms with Crippen LogP contribution in [0.2, 0.25) is 0 Å². The summed E-state index contributed by atoms with van der Waals surface area (Å²) in [6, 6.07) is 11.4. The molecule has 1 N–H and O–H groups in total. The summed E-state index contributed by atoms with van der Waals surface area (Å²) in [5.41, 5.74) is 1.55. The second-order valence-corrected chi connectivity index (χ2v) is 8.92. The molecule has 0 bridgehead atoms. The number of piperazine rings is 1. The number of hydrogen-bond acceptors (Lipinski definition) is 4. The minimum Gasteiger partial charge on any atom is -0.354 e. The van der Waals surface area contributed by atoms with Crippen LogP contribution in [0, 0.1) is 0 Å². The maximum absolute atomic E-state index is 12.6. The van der Waals surface area contributed by atoms with E-state index in [4.69, 9.17) is 0 Å². The van der Waals surface area contributed by atoms with Crippen molar-refractivity contribution in [2.24, 2.45) is 0 Å². The van der Waals surface area contributed by atoms with Crippen molar-refractivity contribution in [3.8, 4) is 0 Å². The number of hydrogen-bond donors (Lipinski definition) is 1. The van der Waals surface area contributed by atoms with Gasteiger partial charge in [-0.3, -0.25) is 14.6 Å². The third-order valence-corrected chi connectivity index (χ3v) is 7.31. The Bertz CT molecular complexity index is 637. The highest BCUT2D eigenvalue weighted by Crippen LogP contribution is 2.43. The molecule has 1 aromatic carbocycles. The van der Waals surface area contributed by atoms with Crippen molar-refractivity contribution in [3.63, 3.8) is 0 Å². The van der Waals surface area contributed by atoms with E-state index < -0.39 is 0 Å². The number of likely N-dealkylation sites (N-methyl/N-ethyl adjacent to an activating group) is 1. The van der Waals surface area contributed by atoms with E-state index in [1.807, 2.05) is 0 Å². The molecule has 1 aromatic rings. The maximum atomic E-state index is 12.6. The quantitative estimate of drug-likeness (QED) is 0.780. The first-order valence-electron chi connectivity index (χ1n) is 11.2. The van der Waals surface area contributed by atoms with Crippen molar-refractivity contribution in [2.75, 3.05) is 58.9 Å². The summed E-state index contributed by atoms with van der Waals surface area (Å²) in [5.74, 6) is 0.193. The predicted octanol–water partition coefficient (Wildman–Crippen LogP) is 1.94. The van der Waals surface area contributed by atoms with Crippen molar-refractivity contribution < 1.29 is 4.79 Å². The average Bonchev–Trinajstić information content (AvgIpc) is 3.16. The lowest BCUT2D eigenvalue weighted by atomic mass is 9.64. The summed E-state index contributed by atoms with van der Waals surface area (Å²) in [4.78, 5) is 20.1. The number of amides is 1. The molecule has 1 saturated carbocycles. The van der Waals surface area contributed by atoms with E-state index in [1.165, 1.54) is 57.4 Å². The van der Waals surface area contributed by atoms with Crippen LogP contribution in [0.5, 0.6) is 0 Å². The van der Waals surface area contributed by atoms with E-state index in [1.54, 1.807) is 0 Å². The van der Waals surface area contributed by atoms with Gasteiger partial charge in [-0.25, -0.2) is 0 Å². The molecule has 1 amide bonds. The summed E-state index contributed by atoms with van der Waals surface area (Å²) < 4.78 is 0. The van der Waals surface area contributed by atoms with E-state index in [0.717, 1.165) is 26.2 Å². The van der Waals surface area contributed by atoms with Crippen LogP contribution in [0.25, 0.3) is 0 Å². The minimum atomic E-state index is 0.170. The topological polar surface area (TPSA) is 38.8 Å². The first-order chi connectivity index (χ1) is 13.7. The van der Waals surface area contributed by atoms with Crippen molar-refractivity contribution >= 4 is 5.91 Å². The summed E-state index contributed by atoms with van der Waals surface area (Å²) in [6.07, 6.45) is 4.84. The van der Waals surface area contributed by atoms with Gasteiger partial charge in [0.1, 0.15) is 0 Å². The normalized spacial score (nSPS) is 26.1. The molecule has 5 nitrogen and oxygen atoms in total. The molecule has 2 aliphatic heterocycles. The van der Waals surface area contributed by atoms with Crippen molar-refractivity contribution in [1.82, 2.24) is 20.0 Å². The molecule has 2 saturated heterocycles. The lowest BCUT2D eigenvalue weighted by Gasteiger charge is -2.42. The van der Waals surface area contributed by atoms with Crippen LogP contribution in [0.3, 0.4) is 0 Å². The molecule has 3 aliphatic rings. The SMILES string of the molecule is CCN1CCN([C@H]2CCN(CC(=O)NCC3(c4ccccc4)CCC3)C2)CC1. The number of nitrogens with one attached hydrogen (secondary N) is 1. The summed E-state index contributed by atoms with van der Waals surface area (Å²) in [7, 11) is 0. The number of rotatable bonds is 7. The summed E-state index contributed by atoms with van der Waals surface area (Å²) in [5, 5.41) is 3.26. The molecule has 28 heavy (non-hydrogen) atoms.